The Labute approximate surface area is 208 Å². The van der Waals surface area contributed by atoms with Gasteiger partial charge in [0.05, 0.1) is 11.1 Å². The van der Waals surface area contributed by atoms with E-state index in [-0.39, 0.29) is 11.1 Å². The zero-order chi connectivity index (χ0) is 25.3. The van der Waals surface area contributed by atoms with Crippen molar-refractivity contribution in [3.63, 3.8) is 0 Å². The van der Waals surface area contributed by atoms with Gasteiger partial charge in [0.15, 0.2) is 0 Å². The fourth-order valence-electron chi connectivity index (χ4n) is 4.77. The van der Waals surface area contributed by atoms with Crippen molar-refractivity contribution in [2.75, 3.05) is 0 Å². The van der Waals surface area contributed by atoms with Gasteiger partial charge in [-0.25, -0.2) is 9.59 Å². The first kappa shape index (κ1) is 30.2. The number of rotatable bonds is 20. The molecule has 0 saturated carbocycles. The van der Waals surface area contributed by atoms with Crippen molar-refractivity contribution < 1.29 is 19.8 Å². The molecule has 2 N–H and O–H groups in total. The second kappa shape index (κ2) is 17.6. The van der Waals surface area contributed by atoms with Crippen molar-refractivity contribution >= 4 is 11.9 Å². The minimum absolute atomic E-state index is 0.00983. The standard InChI is InChI=1S/C30H50O4/c1-23(2)17-13-9-5-7-11-15-19-25-21-22-27(29(31)32)28(30(33)34)26(25)20-16-12-8-6-10-14-18-24(3)4/h21-24H,5-20H2,1-4H3,(H,31,32)(H,33,34). The van der Waals surface area contributed by atoms with Crippen LogP contribution in [0.1, 0.15) is 149 Å². The van der Waals surface area contributed by atoms with Crippen molar-refractivity contribution in [3.05, 3.63) is 34.4 Å². The molecule has 1 aromatic rings. The number of benzene rings is 1. The number of aryl methyl sites for hydroxylation is 1. The predicted octanol–water partition coefficient (Wildman–Crippen LogP) is 8.94. The largest absolute Gasteiger partial charge is 0.478 e. The molecule has 1 rings (SSSR count). The van der Waals surface area contributed by atoms with E-state index in [1.54, 1.807) is 0 Å². The lowest BCUT2D eigenvalue weighted by atomic mass is 9.89. The van der Waals surface area contributed by atoms with Gasteiger partial charge in [0.25, 0.3) is 0 Å². The van der Waals surface area contributed by atoms with Crippen LogP contribution in [0.15, 0.2) is 12.1 Å². The third kappa shape index (κ3) is 12.6. The maximum absolute atomic E-state index is 12.0. The van der Waals surface area contributed by atoms with E-state index < -0.39 is 11.9 Å². The highest BCUT2D eigenvalue weighted by Gasteiger charge is 2.22. The van der Waals surface area contributed by atoms with Crippen LogP contribution in [-0.2, 0) is 12.8 Å². The highest BCUT2D eigenvalue weighted by molar-refractivity contribution is 6.03. The molecule has 0 aliphatic rings. The van der Waals surface area contributed by atoms with Crippen molar-refractivity contribution in [1.82, 2.24) is 0 Å². The van der Waals surface area contributed by atoms with Crippen LogP contribution < -0.4 is 0 Å². The quantitative estimate of drug-likeness (QED) is 0.185. The zero-order valence-electron chi connectivity index (χ0n) is 22.3. The van der Waals surface area contributed by atoms with Gasteiger partial charge in [-0.3, -0.25) is 0 Å². The van der Waals surface area contributed by atoms with Gasteiger partial charge in [-0.05, 0) is 54.7 Å². The molecule has 0 aliphatic carbocycles. The van der Waals surface area contributed by atoms with Crippen LogP contribution in [0.25, 0.3) is 0 Å². The molecule has 0 heterocycles. The molecular weight excluding hydrogens is 424 g/mol. The third-order valence-corrected chi connectivity index (χ3v) is 6.79. The SMILES string of the molecule is CC(C)CCCCCCCCc1ccc(C(=O)O)c(C(=O)O)c1CCCCCCCCC(C)C. The Bertz CT molecular complexity index is 721. The number of aromatic carboxylic acids is 2. The van der Waals surface area contributed by atoms with E-state index in [9.17, 15) is 19.8 Å². The number of hydrogen-bond donors (Lipinski definition) is 2. The van der Waals surface area contributed by atoms with E-state index in [4.69, 9.17) is 0 Å². The summed E-state index contributed by atoms with van der Waals surface area (Å²) >= 11 is 0. The fourth-order valence-corrected chi connectivity index (χ4v) is 4.77. The van der Waals surface area contributed by atoms with Crippen LogP contribution in [0.4, 0.5) is 0 Å². The Kier molecular flexibility index (Phi) is 15.6. The molecule has 0 spiro atoms. The van der Waals surface area contributed by atoms with Gasteiger partial charge < -0.3 is 10.2 Å². The Balaban J connectivity index is 2.63. The number of carbonyl (C=O) groups is 2. The van der Waals surface area contributed by atoms with Crippen molar-refractivity contribution in [2.24, 2.45) is 11.8 Å². The number of hydrogen-bond acceptors (Lipinski definition) is 2. The molecule has 4 nitrogen and oxygen atoms in total. The molecule has 0 amide bonds. The van der Waals surface area contributed by atoms with Crippen LogP contribution in [0, 0.1) is 11.8 Å². The summed E-state index contributed by atoms with van der Waals surface area (Å²) in [6.07, 6.45) is 18.2. The van der Waals surface area contributed by atoms with E-state index in [1.165, 1.54) is 63.9 Å². The van der Waals surface area contributed by atoms with Crippen LogP contribution in [0.2, 0.25) is 0 Å². The molecule has 0 radical (unpaired) electrons. The molecule has 1 aromatic carbocycles. The molecule has 0 saturated heterocycles. The lowest BCUT2D eigenvalue weighted by Gasteiger charge is -2.15. The minimum Gasteiger partial charge on any atom is -0.478 e. The van der Waals surface area contributed by atoms with Crippen LogP contribution >= 0.6 is 0 Å². The van der Waals surface area contributed by atoms with Crippen LogP contribution in [0.3, 0.4) is 0 Å². The molecule has 4 heteroatoms. The lowest BCUT2D eigenvalue weighted by molar-refractivity contribution is 0.0650. The summed E-state index contributed by atoms with van der Waals surface area (Å²) in [7, 11) is 0. The number of unbranched alkanes of at least 4 members (excludes halogenated alkanes) is 10. The minimum atomic E-state index is -1.16. The Morgan fingerprint density at radius 1 is 0.618 bits per heavy atom. The summed E-state index contributed by atoms with van der Waals surface area (Å²) in [6.45, 7) is 9.06. The van der Waals surface area contributed by atoms with Gasteiger partial charge in [-0.1, -0.05) is 111 Å². The number of carboxylic acid groups (broad SMARTS) is 2. The fraction of sp³-hybridized carbons (Fsp3) is 0.733. The first-order valence-corrected chi connectivity index (χ1v) is 13.8. The van der Waals surface area contributed by atoms with Gasteiger partial charge in [0.2, 0.25) is 0 Å². The Morgan fingerprint density at radius 3 is 1.50 bits per heavy atom. The third-order valence-electron chi connectivity index (χ3n) is 6.79. The van der Waals surface area contributed by atoms with E-state index >= 15 is 0 Å². The summed E-state index contributed by atoms with van der Waals surface area (Å²) in [5.74, 6) is -0.732. The predicted molar refractivity (Wildman–Crippen MR) is 142 cm³/mol. The highest BCUT2D eigenvalue weighted by Crippen LogP contribution is 2.25. The zero-order valence-corrected chi connectivity index (χ0v) is 22.3. The first-order chi connectivity index (χ1) is 16.2. The second-order valence-corrected chi connectivity index (χ2v) is 10.8. The maximum atomic E-state index is 12.0. The molecule has 0 atom stereocenters. The Hall–Kier alpha value is -1.84. The molecule has 0 unspecified atom stereocenters. The van der Waals surface area contributed by atoms with E-state index in [1.807, 2.05) is 6.07 Å². The van der Waals surface area contributed by atoms with E-state index in [2.05, 4.69) is 27.7 Å². The van der Waals surface area contributed by atoms with Gasteiger partial charge in [-0.15, -0.1) is 0 Å². The smallest absolute Gasteiger partial charge is 0.336 e. The average molecular weight is 475 g/mol. The van der Waals surface area contributed by atoms with Gasteiger partial charge in [-0.2, -0.15) is 0 Å². The molecule has 0 aromatic heterocycles. The average Bonchev–Trinajstić information content (AvgIpc) is 2.76. The summed E-state index contributed by atoms with van der Waals surface area (Å²) in [5, 5.41) is 19.4. The highest BCUT2D eigenvalue weighted by atomic mass is 16.4. The summed E-state index contributed by atoms with van der Waals surface area (Å²) in [6, 6.07) is 3.35. The van der Waals surface area contributed by atoms with E-state index in [0.717, 1.165) is 61.5 Å². The molecule has 34 heavy (non-hydrogen) atoms. The first-order valence-electron chi connectivity index (χ1n) is 13.8. The maximum Gasteiger partial charge on any atom is 0.336 e. The Morgan fingerprint density at radius 2 is 1.06 bits per heavy atom. The molecular formula is C30H50O4. The molecule has 0 bridgehead atoms. The monoisotopic (exact) mass is 474 g/mol. The summed E-state index contributed by atoms with van der Waals surface area (Å²) in [5.41, 5.74) is 1.71. The van der Waals surface area contributed by atoms with Gasteiger partial charge in [0, 0.05) is 0 Å². The normalized spacial score (nSPS) is 11.5. The second-order valence-electron chi connectivity index (χ2n) is 10.8. The van der Waals surface area contributed by atoms with Gasteiger partial charge in [0.1, 0.15) is 0 Å². The molecule has 0 aliphatic heterocycles. The van der Waals surface area contributed by atoms with Crippen molar-refractivity contribution in [2.45, 2.75) is 130 Å². The van der Waals surface area contributed by atoms with Gasteiger partial charge >= 0.3 is 11.9 Å². The van der Waals surface area contributed by atoms with E-state index in [0.29, 0.717) is 6.42 Å². The summed E-state index contributed by atoms with van der Waals surface area (Å²) in [4.78, 5) is 23.7. The van der Waals surface area contributed by atoms with Crippen molar-refractivity contribution in [3.8, 4) is 0 Å². The van der Waals surface area contributed by atoms with Crippen LogP contribution in [0.5, 0.6) is 0 Å². The molecule has 0 fully saturated rings. The summed E-state index contributed by atoms with van der Waals surface area (Å²) < 4.78 is 0. The topological polar surface area (TPSA) is 74.6 Å². The number of carboxylic acids is 2. The van der Waals surface area contributed by atoms with Crippen LogP contribution in [-0.4, -0.2) is 22.2 Å². The van der Waals surface area contributed by atoms with Crippen molar-refractivity contribution in [1.29, 1.82) is 0 Å². The molecule has 194 valence electrons. The lowest BCUT2D eigenvalue weighted by Crippen LogP contribution is -2.14.